The van der Waals surface area contributed by atoms with Crippen molar-refractivity contribution < 1.29 is 38.4 Å². The topological polar surface area (TPSA) is 136 Å². The Morgan fingerprint density at radius 2 is 1.95 bits per heavy atom. The smallest absolute Gasteiger partial charge is 0.303 e. The summed E-state index contributed by atoms with van der Waals surface area (Å²) in [6.45, 7) is 9.55. The second-order valence-electron chi connectivity index (χ2n) is 11.9. The van der Waals surface area contributed by atoms with Gasteiger partial charge in [-0.2, -0.15) is 0 Å². The SMILES string of the molecule is CC(=O)O[C@@H](C)/C=C\C(=O)N[C@@H]1C[C@H](C)[C@H](C/C=C(C)/C=C/[C@H]2O[C@H](CC(=O)NC3=CC=C3)C[C@@]3(CO3)[C@@H]2O)O[C@@H]1C. The van der Waals surface area contributed by atoms with E-state index in [4.69, 9.17) is 18.9 Å². The predicted octanol–water partition coefficient (Wildman–Crippen LogP) is 2.93. The fraction of sp³-hybridized carbons (Fsp3) is 0.594. The summed E-state index contributed by atoms with van der Waals surface area (Å²) in [6, 6.07) is -0.124. The highest BCUT2D eigenvalue weighted by molar-refractivity contribution is 5.87. The fourth-order valence-electron chi connectivity index (χ4n) is 5.58. The lowest BCUT2D eigenvalue weighted by molar-refractivity contribution is -0.145. The Bertz CT molecular complexity index is 1170. The molecular weight excluding hydrogens is 540 g/mol. The van der Waals surface area contributed by atoms with Gasteiger partial charge >= 0.3 is 5.97 Å². The van der Waals surface area contributed by atoms with Gasteiger partial charge in [0.05, 0.1) is 37.4 Å². The van der Waals surface area contributed by atoms with E-state index in [1.807, 2.05) is 44.2 Å². The van der Waals surface area contributed by atoms with Gasteiger partial charge < -0.3 is 34.7 Å². The standard InChI is InChI=1S/C32H44N2O8/c1-19(9-12-27-20(2)15-26(22(4)41-27)34-29(36)14-11-21(3)40-23(5)35)10-13-28-31(38)32(18-39-32)17-25(42-28)16-30(37)33-24-7-6-8-24/h6-11,13-14,20-22,25-28,31,38H,12,15-18H2,1-5H3,(H,33,37)(H,34,36)/b13-10+,14-11-,19-9+/t20-,21-,22+,25+,26+,27-,28+,31+,32+/m0/s1. The van der Waals surface area contributed by atoms with Crippen molar-refractivity contribution in [1.29, 1.82) is 0 Å². The summed E-state index contributed by atoms with van der Waals surface area (Å²) >= 11 is 0. The summed E-state index contributed by atoms with van der Waals surface area (Å²) in [5.41, 5.74) is 1.15. The number of aliphatic hydroxyl groups is 1. The number of hydrogen-bond acceptors (Lipinski definition) is 8. The summed E-state index contributed by atoms with van der Waals surface area (Å²) in [5.74, 6) is -0.545. The second kappa shape index (κ2) is 13.9. The van der Waals surface area contributed by atoms with Gasteiger partial charge in [0.25, 0.3) is 0 Å². The van der Waals surface area contributed by atoms with E-state index < -0.39 is 29.9 Å². The molecule has 0 aromatic heterocycles. The summed E-state index contributed by atoms with van der Waals surface area (Å²) in [5, 5.41) is 16.7. The molecule has 10 nitrogen and oxygen atoms in total. The Balaban J connectivity index is 1.25. The van der Waals surface area contributed by atoms with E-state index in [2.05, 4.69) is 23.6 Å². The number of allylic oxidation sites excluding steroid dienone is 5. The fourth-order valence-corrected chi connectivity index (χ4v) is 5.58. The van der Waals surface area contributed by atoms with Crippen molar-refractivity contribution in [3.63, 3.8) is 0 Å². The average molecular weight is 585 g/mol. The maximum atomic E-state index is 12.4. The van der Waals surface area contributed by atoms with Gasteiger partial charge in [-0.25, -0.2) is 0 Å². The molecule has 0 radical (unpaired) electrons. The van der Waals surface area contributed by atoms with E-state index >= 15 is 0 Å². The van der Waals surface area contributed by atoms with Crippen LogP contribution in [0.3, 0.4) is 0 Å². The zero-order valence-corrected chi connectivity index (χ0v) is 25.1. The van der Waals surface area contributed by atoms with Crippen LogP contribution < -0.4 is 10.6 Å². The molecule has 1 spiro atoms. The van der Waals surface area contributed by atoms with Crippen molar-refractivity contribution in [3.05, 3.63) is 59.9 Å². The number of epoxide rings is 1. The Morgan fingerprint density at radius 3 is 2.60 bits per heavy atom. The molecule has 0 bridgehead atoms. The van der Waals surface area contributed by atoms with Gasteiger partial charge in [-0.15, -0.1) is 0 Å². The zero-order chi connectivity index (χ0) is 30.4. The molecule has 4 aliphatic rings. The average Bonchev–Trinajstić information content (AvgIpc) is 3.67. The molecule has 9 atom stereocenters. The van der Waals surface area contributed by atoms with Crippen LogP contribution in [0.15, 0.2) is 59.9 Å². The number of rotatable bonds is 11. The molecule has 3 fully saturated rings. The van der Waals surface area contributed by atoms with E-state index in [0.29, 0.717) is 19.4 Å². The van der Waals surface area contributed by atoms with Gasteiger partial charge in [-0.3, -0.25) is 14.4 Å². The molecule has 0 aromatic carbocycles. The van der Waals surface area contributed by atoms with Crippen molar-refractivity contribution >= 4 is 17.8 Å². The number of carbonyl (C=O) groups excluding carboxylic acids is 3. The number of aliphatic hydroxyl groups excluding tert-OH is 1. The Morgan fingerprint density at radius 1 is 1.21 bits per heavy atom. The maximum absolute atomic E-state index is 12.4. The van der Waals surface area contributed by atoms with Gasteiger partial charge in [0.1, 0.15) is 23.9 Å². The molecule has 0 aromatic rings. The van der Waals surface area contributed by atoms with Crippen molar-refractivity contribution in [2.45, 2.75) is 109 Å². The first kappa shape index (κ1) is 31.9. The quantitative estimate of drug-likeness (QED) is 0.146. The molecule has 3 saturated heterocycles. The normalized spacial score (nSPS) is 35.0. The molecule has 3 N–H and O–H groups in total. The molecule has 1 aliphatic carbocycles. The van der Waals surface area contributed by atoms with Crippen molar-refractivity contribution in [2.75, 3.05) is 6.61 Å². The predicted molar refractivity (Wildman–Crippen MR) is 156 cm³/mol. The second-order valence-corrected chi connectivity index (χ2v) is 11.9. The van der Waals surface area contributed by atoms with Crippen molar-refractivity contribution in [2.24, 2.45) is 5.92 Å². The molecule has 3 aliphatic heterocycles. The molecule has 3 heterocycles. The number of amides is 2. The van der Waals surface area contributed by atoms with Crippen LogP contribution in [0, 0.1) is 5.92 Å². The lowest BCUT2D eigenvalue weighted by Crippen LogP contribution is -2.50. The molecule has 4 rings (SSSR count). The summed E-state index contributed by atoms with van der Waals surface area (Å²) in [6.07, 6.45) is 14.2. The molecule has 230 valence electrons. The van der Waals surface area contributed by atoms with E-state index in [0.717, 1.165) is 17.7 Å². The number of hydrogen-bond donors (Lipinski definition) is 3. The van der Waals surface area contributed by atoms with Crippen molar-refractivity contribution in [3.8, 4) is 0 Å². The largest absolute Gasteiger partial charge is 0.459 e. The third kappa shape index (κ3) is 8.73. The van der Waals surface area contributed by atoms with Crippen LogP contribution in [0.4, 0.5) is 0 Å². The third-order valence-electron chi connectivity index (χ3n) is 8.17. The van der Waals surface area contributed by atoms with Crippen LogP contribution in [0.1, 0.15) is 60.3 Å². The van der Waals surface area contributed by atoms with Gasteiger partial charge in [0.15, 0.2) is 0 Å². The van der Waals surface area contributed by atoms with Gasteiger partial charge in [-0.05, 0) is 57.8 Å². The molecule has 10 heteroatoms. The first-order valence-electron chi connectivity index (χ1n) is 14.8. The van der Waals surface area contributed by atoms with E-state index in [-0.39, 0.29) is 48.5 Å². The Hall–Kier alpha value is -3.05. The van der Waals surface area contributed by atoms with Gasteiger partial charge in [-0.1, -0.05) is 36.8 Å². The van der Waals surface area contributed by atoms with Crippen LogP contribution >= 0.6 is 0 Å². The highest BCUT2D eigenvalue weighted by atomic mass is 16.6. The number of ether oxygens (including phenoxy) is 4. The minimum absolute atomic E-state index is 0.000734. The van der Waals surface area contributed by atoms with Crippen LogP contribution in [0.5, 0.6) is 0 Å². The van der Waals surface area contributed by atoms with E-state index in [9.17, 15) is 19.5 Å². The molecule has 42 heavy (non-hydrogen) atoms. The van der Waals surface area contributed by atoms with Crippen LogP contribution in [0.2, 0.25) is 0 Å². The Kier molecular flexibility index (Phi) is 10.6. The Labute approximate surface area is 247 Å². The maximum Gasteiger partial charge on any atom is 0.303 e. The van der Waals surface area contributed by atoms with E-state index in [1.165, 1.54) is 13.0 Å². The zero-order valence-electron chi connectivity index (χ0n) is 25.1. The van der Waals surface area contributed by atoms with Crippen LogP contribution in [0.25, 0.3) is 0 Å². The van der Waals surface area contributed by atoms with Crippen LogP contribution in [-0.4, -0.2) is 77.8 Å². The first-order chi connectivity index (χ1) is 19.9. The monoisotopic (exact) mass is 584 g/mol. The van der Waals surface area contributed by atoms with Crippen molar-refractivity contribution in [1.82, 2.24) is 10.6 Å². The first-order valence-corrected chi connectivity index (χ1v) is 14.8. The molecule has 2 amide bonds. The summed E-state index contributed by atoms with van der Waals surface area (Å²) < 4.78 is 23.0. The minimum Gasteiger partial charge on any atom is -0.459 e. The lowest BCUT2D eigenvalue weighted by Gasteiger charge is -2.39. The highest BCUT2D eigenvalue weighted by Gasteiger charge is 2.58. The summed E-state index contributed by atoms with van der Waals surface area (Å²) in [4.78, 5) is 35.8. The number of carbonyl (C=O) groups is 3. The molecular formula is C32H44N2O8. The van der Waals surface area contributed by atoms with E-state index in [1.54, 1.807) is 13.0 Å². The minimum atomic E-state index is -0.799. The summed E-state index contributed by atoms with van der Waals surface area (Å²) in [7, 11) is 0. The number of esters is 1. The van der Waals surface area contributed by atoms with Crippen LogP contribution in [-0.2, 0) is 33.3 Å². The van der Waals surface area contributed by atoms with Gasteiger partial charge in [0, 0.05) is 25.1 Å². The lowest BCUT2D eigenvalue weighted by atomic mass is 9.87. The molecule has 0 unspecified atom stereocenters. The molecule has 0 saturated carbocycles. The van der Waals surface area contributed by atoms with Gasteiger partial charge in [0.2, 0.25) is 11.8 Å². The number of nitrogens with one attached hydrogen (secondary N) is 2. The third-order valence-corrected chi connectivity index (χ3v) is 8.17. The highest BCUT2D eigenvalue weighted by Crippen LogP contribution is 2.43.